The van der Waals surface area contributed by atoms with Gasteiger partial charge in [0.05, 0.1) is 18.8 Å². The van der Waals surface area contributed by atoms with E-state index in [-0.39, 0.29) is 11.5 Å². The predicted molar refractivity (Wildman–Crippen MR) is 125 cm³/mol. The molecule has 0 bridgehead atoms. The lowest BCUT2D eigenvalue weighted by Crippen LogP contribution is -2.26. The first-order valence-corrected chi connectivity index (χ1v) is 11.5. The van der Waals surface area contributed by atoms with Gasteiger partial charge in [0.25, 0.3) is 0 Å². The largest absolute Gasteiger partial charge is 0.493 e. The molecule has 0 N–H and O–H groups in total. The minimum Gasteiger partial charge on any atom is -0.493 e. The first kappa shape index (κ1) is 22.4. The molecule has 0 saturated heterocycles. The van der Waals surface area contributed by atoms with Crippen molar-refractivity contribution in [2.24, 2.45) is 16.3 Å². The number of thiophene rings is 1. The molecule has 0 fully saturated rings. The second kappa shape index (κ2) is 9.22. The summed E-state index contributed by atoms with van der Waals surface area (Å²) in [6, 6.07) is 8.22. The van der Waals surface area contributed by atoms with Crippen molar-refractivity contribution in [3.05, 3.63) is 39.8 Å². The molecule has 1 aromatic heterocycles. The van der Waals surface area contributed by atoms with Crippen molar-refractivity contribution >= 4 is 22.6 Å². The van der Waals surface area contributed by atoms with Gasteiger partial charge < -0.3 is 9.47 Å². The van der Waals surface area contributed by atoms with Gasteiger partial charge in [0.2, 0.25) is 0 Å². The summed E-state index contributed by atoms with van der Waals surface area (Å²) in [6.45, 7) is 11.1. The Labute approximate surface area is 184 Å². The summed E-state index contributed by atoms with van der Waals surface area (Å²) < 4.78 is 11.4. The number of fused-ring (bicyclic) bond motifs is 1. The SMILES string of the molecule is CC[C@H](C)Oc1ccc(C=Nc2sc3c(c2C#N)CC[C@H](C(C)(C)C)C3)cc1OC. The van der Waals surface area contributed by atoms with Crippen LogP contribution in [0.1, 0.15) is 69.0 Å². The van der Waals surface area contributed by atoms with E-state index in [1.165, 1.54) is 10.4 Å². The maximum atomic E-state index is 9.76. The molecule has 4 nitrogen and oxygen atoms in total. The van der Waals surface area contributed by atoms with E-state index in [9.17, 15) is 5.26 Å². The quantitative estimate of drug-likeness (QED) is 0.484. The Morgan fingerprint density at radius 2 is 2.10 bits per heavy atom. The van der Waals surface area contributed by atoms with Crippen molar-refractivity contribution in [1.82, 2.24) is 0 Å². The van der Waals surface area contributed by atoms with Crippen LogP contribution < -0.4 is 9.47 Å². The molecule has 0 spiro atoms. The zero-order chi connectivity index (χ0) is 21.9. The number of benzene rings is 1. The molecule has 5 heteroatoms. The van der Waals surface area contributed by atoms with Crippen LogP contribution in [0.3, 0.4) is 0 Å². The molecular weight excluding hydrogens is 392 g/mol. The number of hydrogen-bond acceptors (Lipinski definition) is 5. The highest BCUT2D eigenvalue weighted by Crippen LogP contribution is 2.45. The zero-order valence-electron chi connectivity index (χ0n) is 18.9. The average molecular weight is 425 g/mol. The normalized spacial score (nSPS) is 17.4. The Kier molecular flexibility index (Phi) is 6.88. The highest BCUT2D eigenvalue weighted by Gasteiger charge is 2.32. The Morgan fingerprint density at radius 3 is 2.73 bits per heavy atom. The molecule has 1 aliphatic rings. The highest BCUT2D eigenvalue weighted by molar-refractivity contribution is 7.16. The summed E-state index contributed by atoms with van der Waals surface area (Å²) in [5.41, 5.74) is 3.17. The maximum absolute atomic E-state index is 9.76. The molecule has 2 aromatic rings. The van der Waals surface area contributed by atoms with Gasteiger partial charge in [-0.1, -0.05) is 27.7 Å². The third-order valence-corrected chi connectivity index (χ3v) is 7.17. The lowest BCUT2D eigenvalue weighted by molar-refractivity contribution is 0.207. The topological polar surface area (TPSA) is 54.6 Å². The molecule has 0 unspecified atom stereocenters. The minimum atomic E-state index is 0.131. The first-order chi connectivity index (χ1) is 14.3. The maximum Gasteiger partial charge on any atom is 0.161 e. The monoisotopic (exact) mass is 424 g/mol. The molecule has 1 heterocycles. The number of methoxy groups -OCH3 is 1. The van der Waals surface area contributed by atoms with Crippen LogP contribution in [0.5, 0.6) is 11.5 Å². The van der Waals surface area contributed by atoms with Gasteiger partial charge in [-0.15, -0.1) is 11.3 Å². The van der Waals surface area contributed by atoms with E-state index in [0.29, 0.717) is 11.7 Å². The number of aliphatic imine (C=N–C) groups is 1. The van der Waals surface area contributed by atoms with E-state index in [2.05, 4.69) is 33.8 Å². The fourth-order valence-corrected chi connectivity index (χ4v) is 5.03. The second-order valence-electron chi connectivity index (χ2n) is 9.11. The number of nitriles is 1. The van der Waals surface area contributed by atoms with E-state index in [1.807, 2.05) is 31.3 Å². The molecule has 3 rings (SSSR count). The van der Waals surface area contributed by atoms with E-state index >= 15 is 0 Å². The molecule has 0 amide bonds. The van der Waals surface area contributed by atoms with Gasteiger partial charge in [-0.25, -0.2) is 4.99 Å². The molecule has 30 heavy (non-hydrogen) atoms. The van der Waals surface area contributed by atoms with E-state index < -0.39 is 0 Å². The average Bonchev–Trinajstić information content (AvgIpc) is 3.08. The molecule has 0 aliphatic heterocycles. The molecule has 1 aliphatic carbocycles. The first-order valence-electron chi connectivity index (χ1n) is 10.7. The van der Waals surface area contributed by atoms with Gasteiger partial charge in [0.1, 0.15) is 11.1 Å². The van der Waals surface area contributed by atoms with Crippen LogP contribution in [-0.2, 0) is 12.8 Å². The van der Waals surface area contributed by atoms with Crippen LogP contribution in [0.25, 0.3) is 0 Å². The van der Waals surface area contributed by atoms with Crippen molar-refractivity contribution in [1.29, 1.82) is 5.26 Å². The molecule has 1 aromatic carbocycles. The highest BCUT2D eigenvalue weighted by atomic mass is 32.1. The summed E-state index contributed by atoms with van der Waals surface area (Å²) >= 11 is 1.67. The zero-order valence-corrected chi connectivity index (χ0v) is 19.7. The number of nitrogens with zero attached hydrogens (tertiary/aromatic N) is 2. The molecule has 0 saturated carbocycles. The van der Waals surface area contributed by atoms with E-state index in [4.69, 9.17) is 14.5 Å². The van der Waals surface area contributed by atoms with Crippen LogP contribution in [0.15, 0.2) is 23.2 Å². The fraction of sp³-hybridized carbons (Fsp3) is 0.520. The van der Waals surface area contributed by atoms with E-state index in [0.717, 1.165) is 47.6 Å². The van der Waals surface area contributed by atoms with Crippen molar-refractivity contribution in [3.8, 4) is 17.6 Å². The summed E-state index contributed by atoms with van der Waals surface area (Å²) in [4.78, 5) is 6.03. The summed E-state index contributed by atoms with van der Waals surface area (Å²) in [5, 5.41) is 10.6. The van der Waals surface area contributed by atoms with Crippen LogP contribution in [-0.4, -0.2) is 19.4 Å². The Hall–Kier alpha value is -2.32. The van der Waals surface area contributed by atoms with Crippen molar-refractivity contribution in [2.45, 2.75) is 66.4 Å². The Balaban J connectivity index is 1.85. The molecule has 0 radical (unpaired) electrons. The van der Waals surface area contributed by atoms with Crippen LogP contribution in [0, 0.1) is 22.7 Å². The Bertz CT molecular complexity index is 963. The van der Waals surface area contributed by atoms with Crippen LogP contribution in [0.2, 0.25) is 0 Å². The van der Waals surface area contributed by atoms with Gasteiger partial charge in [-0.2, -0.15) is 5.26 Å². The second-order valence-corrected chi connectivity index (χ2v) is 10.2. The summed E-state index contributed by atoms with van der Waals surface area (Å²) in [7, 11) is 1.65. The van der Waals surface area contributed by atoms with Gasteiger partial charge >= 0.3 is 0 Å². The number of ether oxygens (including phenoxy) is 2. The summed E-state index contributed by atoms with van der Waals surface area (Å²) in [6.07, 6.45) is 6.04. The summed E-state index contributed by atoms with van der Waals surface area (Å²) in [5.74, 6) is 2.08. The lowest BCUT2D eigenvalue weighted by Gasteiger charge is -2.33. The minimum absolute atomic E-state index is 0.131. The van der Waals surface area contributed by atoms with Crippen molar-refractivity contribution < 1.29 is 9.47 Å². The number of rotatable bonds is 6. The van der Waals surface area contributed by atoms with E-state index in [1.54, 1.807) is 18.4 Å². The fourth-order valence-electron chi connectivity index (χ4n) is 3.81. The molecule has 160 valence electrons. The van der Waals surface area contributed by atoms with Crippen molar-refractivity contribution in [2.75, 3.05) is 7.11 Å². The van der Waals surface area contributed by atoms with Crippen molar-refractivity contribution in [3.63, 3.8) is 0 Å². The molecule has 2 atom stereocenters. The van der Waals surface area contributed by atoms with Gasteiger partial charge in [-0.05, 0) is 73.3 Å². The standard InChI is InChI=1S/C25H32N2O2S/c1-7-16(2)29-21-11-8-17(12-22(21)28-6)15-27-24-20(14-26)19-10-9-18(25(3,4)5)13-23(19)30-24/h8,11-12,15-16,18H,7,9-10,13H2,1-6H3/t16-,18-/m0/s1. The Morgan fingerprint density at radius 1 is 1.33 bits per heavy atom. The molecular formula is C25H32N2O2S. The van der Waals surface area contributed by atoms with Gasteiger partial charge in [0, 0.05) is 11.1 Å². The predicted octanol–water partition coefficient (Wildman–Crippen LogP) is 6.71. The van der Waals surface area contributed by atoms with Gasteiger partial charge in [0.15, 0.2) is 11.5 Å². The number of hydrogen-bond donors (Lipinski definition) is 0. The smallest absolute Gasteiger partial charge is 0.161 e. The van der Waals surface area contributed by atoms with Crippen LogP contribution >= 0.6 is 11.3 Å². The third-order valence-electron chi connectivity index (χ3n) is 6.00. The lowest BCUT2D eigenvalue weighted by atomic mass is 9.72. The van der Waals surface area contributed by atoms with Gasteiger partial charge in [-0.3, -0.25) is 0 Å². The third kappa shape index (κ3) is 4.87. The van der Waals surface area contributed by atoms with Crippen LogP contribution in [0.4, 0.5) is 5.00 Å².